The van der Waals surface area contributed by atoms with Gasteiger partial charge < -0.3 is 10.4 Å². The normalized spacial score (nSPS) is 13.9. The maximum atomic E-state index is 11.5. The molecule has 0 bridgehead atoms. The topological polar surface area (TPSA) is 52.6 Å². The lowest BCUT2D eigenvalue weighted by Gasteiger charge is -2.23. The van der Waals surface area contributed by atoms with Crippen molar-refractivity contribution in [3.05, 3.63) is 0 Å². The van der Waals surface area contributed by atoms with Crippen LogP contribution in [-0.4, -0.2) is 48.7 Å². The number of aliphatic hydroxyl groups is 1. The van der Waals surface area contributed by atoms with Gasteiger partial charge in [0.05, 0.1) is 13.2 Å². The molecule has 16 heavy (non-hydrogen) atoms. The first-order chi connectivity index (χ1) is 7.26. The first kappa shape index (κ1) is 15.4. The van der Waals surface area contributed by atoms with Crippen LogP contribution in [0.2, 0.25) is 0 Å². The Morgan fingerprint density at radius 2 is 2.00 bits per heavy atom. The number of nitrogens with zero attached hydrogens (tertiary/aromatic N) is 1. The second kappa shape index (κ2) is 6.86. The smallest absolute Gasteiger partial charge is 0.234 e. The van der Waals surface area contributed by atoms with E-state index in [0.29, 0.717) is 13.1 Å². The van der Waals surface area contributed by atoms with Crippen molar-refractivity contribution in [3.63, 3.8) is 0 Å². The van der Waals surface area contributed by atoms with Crippen LogP contribution >= 0.6 is 0 Å². The van der Waals surface area contributed by atoms with Crippen molar-refractivity contribution in [2.75, 3.05) is 26.7 Å². The Balaban J connectivity index is 3.75. The maximum absolute atomic E-state index is 11.5. The van der Waals surface area contributed by atoms with E-state index in [1.165, 1.54) is 0 Å². The molecule has 1 unspecified atom stereocenters. The molecular weight excluding hydrogens is 204 g/mol. The van der Waals surface area contributed by atoms with Gasteiger partial charge in [0, 0.05) is 12.6 Å². The minimum Gasteiger partial charge on any atom is -0.395 e. The quantitative estimate of drug-likeness (QED) is 0.711. The van der Waals surface area contributed by atoms with Crippen LogP contribution in [-0.2, 0) is 4.79 Å². The van der Waals surface area contributed by atoms with Crippen LogP contribution in [0.5, 0.6) is 0 Å². The average molecular weight is 230 g/mol. The molecule has 0 radical (unpaired) electrons. The third-order valence-electron chi connectivity index (χ3n) is 2.61. The van der Waals surface area contributed by atoms with E-state index in [9.17, 15) is 4.79 Å². The summed E-state index contributed by atoms with van der Waals surface area (Å²) in [6.07, 6.45) is 0.970. The lowest BCUT2D eigenvalue weighted by atomic mass is 9.92. The predicted molar refractivity (Wildman–Crippen MR) is 66.3 cm³/mol. The molecule has 1 atom stereocenters. The second-order valence-electron chi connectivity index (χ2n) is 5.61. The molecular formula is C12H26N2O2. The summed E-state index contributed by atoms with van der Waals surface area (Å²) in [5, 5.41) is 11.8. The molecule has 0 aromatic rings. The molecule has 0 heterocycles. The molecule has 0 aromatic carbocycles. The summed E-state index contributed by atoms with van der Waals surface area (Å²) in [7, 11) is 1.84. The maximum Gasteiger partial charge on any atom is 0.234 e. The Bertz CT molecular complexity index is 212. The highest BCUT2D eigenvalue weighted by molar-refractivity contribution is 5.77. The number of amides is 1. The van der Waals surface area contributed by atoms with Crippen molar-refractivity contribution in [2.45, 2.75) is 40.2 Å². The highest BCUT2D eigenvalue weighted by atomic mass is 16.3. The fourth-order valence-corrected chi connectivity index (χ4v) is 1.15. The summed E-state index contributed by atoms with van der Waals surface area (Å²) in [5.74, 6) is 0.0204. The van der Waals surface area contributed by atoms with Gasteiger partial charge in [-0.2, -0.15) is 0 Å². The van der Waals surface area contributed by atoms with Crippen LogP contribution in [0.25, 0.3) is 0 Å². The van der Waals surface area contributed by atoms with Crippen LogP contribution < -0.4 is 5.32 Å². The van der Waals surface area contributed by atoms with E-state index in [4.69, 9.17) is 5.11 Å². The van der Waals surface area contributed by atoms with E-state index in [0.717, 1.165) is 6.42 Å². The Morgan fingerprint density at radius 3 is 2.44 bits per heavy atom. The van der Waals surface area contributed by atoms with E-state index in [2.05, 4.69) is 26.1 Å². The number of hydrogen-bond donors (Lipinski definition) is 2. The Hall–Kier alpha value is -0.610. The molecule has 96 valence electrons. The molecule has 2 N–H and O–H groups in total. The van der Waals surface area contributed by atoms with Gasteiger partial charge in [0.2, 0.25) is 5.91 Å². The van der Waals surface area contributed by atoms with Gasteiger partial charge in [0.25, 0.3) is 0 Å². The molecule has 4 nitrogen and oxygen atoms in total. The summed E-state index contributed by atoms with van der Waals surface area (Å²) in [5.41, 5.74) is 0.248. The lowest BCUT2D eigenvalue weighted by Crippen LogP contribution is -2.41. The van der Waals surface area contributed by atoms with Crippen molar-refractivity contribution >= 4 is 5.91 Å². The van der Waals surface area contributed by atoms with Crippen molar-refractivity contribution in [2.24, 2.45) is 5.41 Å². The zero-order valence-electron chi connectivity index (χ0n) is 11.2. The van der Waals surface area contributed by atoms with E-state index in [1.54, 1.807) is 0 Å². The number of likely N-dealkylation sites (N-methyl/N-ethyl adjacent to an activating group) is 1. The van der Waals surface area contributed by atoms with Gasteiger partial charge >= 0.3 is 0 Å². The van der Waals surface area contributed by atoms with Crippen molar-refractivity contribution in [1.29, 1.82) is 0 Å². The van der Waals surface area contributed by atoms with Crippen molar-refractivity contribution in [3.8, 4) is 0 Å². The molecule has 0 aliphatic rings. The van der Waals surface area contributed by atoms with E-state index >= 15 is 0 Å². The van der Waals surface area contributed by atoms with Crippen LogP contribution in [0.15, 0.2) is 0 Å². The number of carbonyl (C=O) groups is 1. The third kappa shape index (κ3) is 7.65. The van der Waals surface area contributed by atoms with Gasteiger partial charge in [0.15, 0.2) is 0 Å². The highest BCUT2D eigenvalue weighted by Gasteiger charge is 2.13. The van der Waals surface area contributed by atoms with E-state index in [1.807, 2.05) is 18.9 Å². The minimum atomic E-state index is 0.0204. The first-order valence-electron chi connectivity index (χ1n) is 5.84. The van der Waals surface area contributed by atoms with E-state index in [-0.39, 0.29) is 24.0 Å². The zero-order chi connectivity index (χ0) is 12.8. The molecule has 0 fully saturated rings. The molecule has 0 aromatic heterocycles. The van der Waals surface area contributed by atoms with Gasteiger partial charge in [-0.25, -0.2) is 0 Å². The van der Waals surface area contributed by atoms with Crippen molar-refractivity contribution in [1.82, 2.24) is 10.2 Å². The largest absolute Gasteiger partial charge is 0.395 e. The predicted octanol–water partition coefficient (Wildman–Crippen LogP) is 0.851. The number of aliphatic hydroxyl groups excluding tert-OH is 1. The fraction of sp³-hybridized carbons (Fsp3) is 0.917. The Labute approximate surface area is 99.0 Å². The standard InChI is InChI=1S/C12H26N2O2/c1-10(9-15)14(5)8-11(16)13-7-6-12(2,3)4/h10,15H,6-9H2,1-5H3,(H,13,16). The zero-order valence-corrected chi connectivity index (χ0v) is 11.2. The SMILES string of the molecule is CC(CO)N(C)CC(=O)NCCC(C)(C)C. The van der Waals surface area contributed by atoms with Crippen LogP contribution in [0.4, 0.5) is 0 Å². The number of carbonyl (C=O) groups excluding carboxylic acids is 1. The molecule has 0 spiro atoms. The van der Waals surface area contributed by atoms with Gasteiger partial charge in [-0.15, -0.1) is 0 Å². The Kier molecular flexibility index (Phi) is 6.60. The summed E-state index contributed by atoms with van der Waals surface area (Å²) < 4.78 is 0. The molecule has 0 aliphatic heterocycles. The van der Waals surface area contributed by atoms with Crippen LogP contribution in [0, 0.1) is 5.41 Å². The summed E-state index contributed by atoms with van der Waals surface area (Å²) in [6, 6.07) is 0.0216. The third-order valence-corrected chi connectivity index (χ3v) is 2.61. The summed E-state index contributed by atoms with van der Waals surface area (Å²) >= 11 is 0. The van der Waals surface area contributed by atoms with Gasteiger partial charge in [0.1, 0.15) is 0 Å². The van der Waals surface area contributed by atoms with Crippen LogP contribution in [0.3, 0.4) is 0 Å². The molecule has 0 rings (SSSR count). The number of hydrogen-bond acceptors (Lipinski definition) is 3. The first-order valence-corrected chi connectivity index (χ1v) is 5.84. The summed E-state index contributed by atoms with van der Waals surface area (Å²) in [6.45, 7) is 9.47. The van der Waals surface area contributed by atoms with Gasteiger partial charge in [-0.3, -0.25) is 9.69 Å². The monoisotopic (exact) mass is 230 g/mol. The van der Waals surface area contributed by atoms with Gasteiger partial charge in [-0.05, 0) is 25.8 Å². The van der Waals surface area contributed by atoms with Crippen LogP contribution in [0.1, 0.15) is 34.1 Å². The minimum absolute atomic E-state index is 0.0204. The molecule has 0 saturated carbocycles. The second-order valence-corrected chi connectivity index (χ2v) is 5.61. The molecule has 0 aliphatic carbocycles. The van der Waals surface area contributed by atoms with Gasteiger partial charge in [-0.1, -0.05) is 20.8 Å². The lowest BCUT2D eigenvalue weighted by molar-refractivity contribution is -0.122. The number of nitrogens with one attached hydrogen (secondary N) is 1. The molecule has 1 amide bonds. The molecule has 4 heteroatoms. The fourth-order valence-electron chi connectivity index (χ4n) is 1.15. The summed E-state index contributed by atoms with van der Waals surface area (Å²) in [4.78, 5) is 13.4. The van der Waals surface area contributed by atoms with E-state index < -0.39 is 0 Å². The highest BCUT2D eigenvalue weighted by Crippen LogP contribution is 2.16. The Morgan fingerprint density at radius 1 is 1.44 bits per heavy atom. The molecule has 0 saturated heterocycles. The number of rotatable bonds is 6. The van der Waals surface area contributed by atoms with Crippen molar-refractivity contribution < 1.29 is 9.90 Å². The average Bonchev–Trinajstić information content (AvgIpc) is 2.14.